The fraction of sp³-hybridized carbons (Fsp3) is 0.500. The Morgan fingerprint density at radius 2 is 2.07 bits per heavy atom. The molecule has 0 aliphatic carbocycles. The average molecular weight is 210 g/mol. The fourth-order valence-corrected chi connectivity index (χ4v) is 1.03. The molecule has 15 heavy (non-hydrogen) atoms. The molecule has 0 saturated carbocycles. The second-order valence-electron chi connectivity index (χ2n) is 4.17. The predicted molar refractivity (Wildman–Crippen MR) is 54.2 cm³/mol. The van der Waals surface area contributed by atoms with Crippen LogP contribution in [0.5, 0.6) is 5.88 Å². The zero-order valence-corrected chi connectivity index (χ0v) is 9.24. The molecule has 0 spiro atoms. The molecule has 1 aromatic heterocycles. The second kappa shape index (κ2) is 3.84. The minimum atomic E-state index is -1.09. The van der Waals surface area contributed by atoms with Crippen LogP contribution >= 0.6 is 0 Å². The molecule has 5 nitrogen and oxygen atoms in total. The molecule has 0 aliphatic heterocycles. The Bertz CT molecular complexity index is 383. The lowest BCUT2D eigenvalue weighted by molar-refractivity contribution is 0.0691. The molecule has 82 valence electrons. The van der Waals surface area contributed by atoms with Crippen LogP contribution in [0.4, 0.5) is 0 Å². The largest absolute Gasteiger partial charge is 0.480 e. The minimum absolute atomic E-state index is 0.0227. The zero-order chi connectivity index (χ0) is 11.6. The summed E-state index contributed by atoms with van der Waals surface area (Å²) in [6.45, 7) is 5.84. The van der Waals surface area contributed by atoms with Gasteiger partial charge in [0.05, 0.1) is 7.11 Å². The van der Waals surface area contributed by atoms with E-state index in [1.165, 1.54) is 13.3 Å². The molecule has 1 aromatic rings. The van der Waals surface area contributed by atoms with Gasteiger partial charge in [-0.3, -0.25) is 0 Å². The normalized spacial score (nSPS) is 11.2. The molecule has 0 radical (unpaired) electrons. The van der Waals surface area contributed by atoms with E-state index in [2.05, 4.69) is 9.97 Å². The van der Waals surface area contributed by atoms with Crippen molar-refractivity contribution in [2.75, 3.05) is 7.11 Å². The van der Waals surface area contributed by atoms with Gasteiger partial charge in [-0.1, -0.05) is 20.8 Å². The third kappa shape index (κ3) is 2.43. The molecule has 0 saturated heterocycles. The second-order valence-corrected chi connectivity index (χ2v) is 4.17. The molecule has 1 heterocycles. The van der Waals surface area contributed by atoms with Gasteiger partial charge in [0.25, 0.3) is 0 Å². The van der Waals surface area contributed by atoms with Crippen LogP contribution in [0, 0.1) is 0 Å². The number of ether oxygens (including phenoxy) is 1. The van der Waals surface area contributed by atoms with E-state index in [-0.39, 0.29) is 16.9 Å². The van der Waals surface area contributed by atoms with E-state index in [4.69, 9.17) is 9.84 Å². The maximum Gasteiger partial charge on any atom is 0.342 e. The van der Waals surface area contributed by atoms with Gasteiger partial charge in [-0.15, -0.1) is 0 Å². The third-order valence-corrected chi connectivity index (χ3v) is 1.85. The van der Waals surface area contributed by atoms with Crippen LogP contribution in [-0.4, -0.2) is 28.2 Å². The number of carbonyl (C=O) groups is 1. The first-order valence-electron chi connectivity index (χ1n) is 4.51. The SMILES string of the molecule is COc1nc(C(C)(C)C)ncc1C(=O)O. The van der Waals surface area contributed by atoms with Crippen LogP contribution in [0.2, 0.25) is 0 Å². The lowest BCUT2D eigenvalue weighted by Gasteiger charge is -2.17. The summed E-state index contributed by atoms with van der Waals surface area (Å²) < 4.78 is 4.91. The number of aromatic nitrogens is 2. The van der Waals surface area contributed by atoms with Crippen molar-refractivity contribution < 1.29 is 14.6 Å². The van der Waals surface area contributed by atoms with Gasteiger partial charge in [-0.25, -0.2) is 9.78 Å². The van der Waals surface area contributed by atoms with E-state index in [1.54, 1.807) is 0 Å². The van der Waals surface area contributed by atoms with Gasteiger partial charge in [-0.2, -0.15) is 4.98 Å². The number of rotatable bonds is 2. The van der Waals surface area contributed by atoms with Crippen LogP contribution < -0.4 is 4.74 Å². The highest BCUT2D eigenvalue weighted by atomic mass is 16.5. The number of aromatic carboxylic acids is 1. The van der Waals surface area contributed by atoms with E-state index in [1.807, 2.05) is 20.8 Å². The third-order valence-electron chi connectivity index (χ3n) is 1.85. The average Bonchev–Trinajstić information content (AvgIpc) is 2.15. The van der Waals surface area contributed by atoms with E-state index >= 15 is 0 Å². The summed E-state index contributed by atoms with van der Waals surface area (Å²) in [5.74, 6) is -0.431. The molecule has 5 heteroatoms. The van der Waals surface area contributed by atoms with Gasteiger partial charge in [-0.05, 0) is 0 Å². The maximum absolute atomic E-state index is 10.8. The molecule has 0 aliphatic rings. The summed E-state index contributed by atoms with van der Waals surface area (Å²) in [5.41, 5.74) is -0.255. The first-order valence-corrected chi connectivity index (χ1v) is 4.51. The minimum Gasteiger partial charge on any atom is -0.480 e. The molecular formula is C10H14N2O3. The lowest BCUT2D eigenvalue weighted by atomic mass is 9.96. The van der Waals surface area contributed by atoms with E-state index in [0.717, 1.165) is 0 Å². The standard InChI is InChI=1S/C10H14N2O3/c1-10(2,3)9-11-5-6(8(13)14)7(12-9)15-4/h5H,1-4H3,(H,13,14). The number of hydrogen-bond acceptors (Lipinski definition) is 4. The quantitative estimate of drug-likeness (QED) is 0.800. The summed E-state index contributed by atoms with van der Waals surface area (Å²) in [4.78, 5) is 18.9. The topological polar surface area (TPSA) is 72.3 Å². The molecule has 1 rings (SSSR count). The fourth-order valence-electron chi connectivity index (χ4n) is 1.03. The summed E-state index contributed by atoms with van der Waals surface area (Å²) in [5, 5.41) is 8.83. The Morgan fingerprint density at radius 3 is 2.47 bits per heavy atom. The van der Waals surface area contributed by atoms with Crippen LogP contribution in [-0.2, 0) is 5.41 Å². The summed E-state index contributed by atoms with van der Waals surface area (Å²) in [6.07, 6.45) is 1.27. The summed E-state index contributed by atoms with van der Waals surface area (Å²) in [7, 11) is 1.39. The molecule has 0 unspecified atom stereocenters. The summed E-state index contributed by atoms with van der Waals surface area (Å²) >= 11 is 0. The number of carboxylic acid groups (broad SMARTS) is 1. The Hall–Kier alpha value is -1.65. The van der Waals surface area contributed by atoms with Crippen molar-refractivity contribution in [2.45, 2.75) is 26.2 Å². The van der Waals surface area contributed by atoms with Crippen molar-refractivity contribution >= 4 is 5.97 Å². The van der Waals surface area contributed by atoms with Crippen molar-refractivity contribution in [1.29, 1.82) is 0 Å². The van der Waals surface area contributed by atoms with Gasteiger partial charge < -0.3 is 9.84 Å². The Labute approximate surface area is 88.1 Å². The van der Waals surface area contributed by atoms with Crippen LogP contribution in [0.25, 0.3) is 0 Å². The van der Waals surface area contributed by atoms with Crippen LogP contribution in [0.3, 0.4) is 0 Å². The zero-order valence-electron chi connectivity index (χ0n) is 9.24. The lowest BCUT2D eigenvalue weighted by Crippen LogP contribution is -2.17. The maximum atomic E-state index is 10.8. The Kier molecular flexibility index (Phi) is 2.93. The van der Waals surface area contributed by atoms with E-state index < -0.39 is 5.97 Å². The van der Waals surface area contributed by atoms with Gasteiger partial charge in [0.2, 0.25) is 5.88 Å². The Morgan fingerprint density at radius 1 is 1.47 bits per heavy atom. The van der Waals surface area contributed by atoms with Gasteiger partial charge in [0.1, 0.15) is 11.4 Å². The number of carboxylic acids is 1. The van der Waals surface area contributed by atoms with Crippen molar-refractivity contribution in [3.05, 3.63) is 17.6 Å². The van der Waals surface area contributed by atoms with Crippen molar-refractivity contribution in [1.82, 2.24) is 9.97 Å². The molecule has 0 amide bonds. The monoisotopic (exact) mass is 210 g/mol. The molecule has 0 atom stereocenters. The van der Waals surface area contributed by atoms with Crippen molar-refractivity contribution in [3.8, 4) is 5.88 Å². The smallest absolute Gasteiger partial charge is 0.342 e. The van der Waals surface area contributed by atoms with Gasteiger partial charge >= 0.3 is 5.97 Å². The first kappa shape index (κ1) is 11.4. The predicted octanol–water partition coefficient (Wildman–Crippen LogP) is 1.48. The number of hydrogen-bond donors (Lipinski definition) is 1. The van der Waals surface area contributed by atoms with Crippen molar-refractivity contribution in [3.63, 3.8) is 0 Å². The highest BCUT2D eigenvalue weighted by Gasteiger charge is 2.21. The highest BCUT2D eigenvalue weighted by Crippen LogP contribution is 2.22. The number of nitrogens with zero attached hydrogens (tertiary/aromatic N) is 2. The molecular weight excluding hydrogens is 196 g/mol. The highest BCUT2D eigenvalue weighted by molar-refractivity contribution is 5.89. The van der Waals surface area contributed by atoms with Gasteiger partial charge in [0.15, 0.2) is 0 Å². The Balaban J connectivity index is 3.25. The molecule has 0 aromatic carbocycles. The van der Waals surface area contributed by atoms with Gasteiger partial charge in [0, 0.05) is 11.6 Å². The first-order chi connectivity index (χ1) is 6.86. The molecule has 0 fully saturated rings. The van der Waals surface area contributed by atoms with E-state index in [9.17, 15) is 4.79 Å². The summed E-state index contributed by atoms with van der Waals surface area (Å²) in [6, 6.07) is 0. The molecule has 1 N–H and O–H groups in total. The number of methoxy groups -OCH3 is 1. The van der Waals surface area contributed by atoms with Crippen LogP contribution in [0.1, 0.15) is 37.0 Å². The van der Waals surface area contributed by atoms with E-state index in [0.29, 0.717) is 5.82 Å². The molecule has 0 bridgehead atoms. The van der Waals surface area contributed by atoms with Crippen molar-refractivity contribution in [2.24, 2.45) is 0 Å². The van der Waals surface area contributed by atoms with Crippen LogP contribution in [0.15, 0.2) is 6.20 Å².